The first-order valence-electron chi connectivity index (χ1n) is 10.6. The molecular weight excluding hydrogens is 442 g/mol. The zero-order valence-electron chi connectivity index (χ0n) is 18.6. The van der Waals surface area contributed by atoms with Crippen molar-refractivity contribution in [1.29, 1.82) is 0 Å². The van der Waals surface area contributed by atoms with E-state index in [9.17, 15) is 23.2 Å². The highest BCUT2D eigenvalue weighted by Gasteiger charge is 2.40. The van der Waals surface area contributed by atoms with Crippen LogP contribution in [0.2, 0.25) is 0 Å². The van der Waals surface area contributed by atoms with Gasteiger partial charge in [-0.3, -0.25) is 14.5 Å². The van der Waals surface area contributed by atoms with Crippen molar-refractivity contribution >= 4 is 29.3 Å². The summed E-state index contributed by atoms with van der Waals surface area (Å²) < 4.78 is 45.8. The van der Waals surface area contributed by atoms with Crippen LogP contribution in [-0.4, -0.2) is 76.1 Å². The van der Waals surface area contributed by atoms with Crippen LogP contribution in [0.4, 0.5) is 25.0 Å². The van der Waals surface area contributed by atoms with E-state index in [2.05, 4.69) is 5.32 Å². The number of benzene rings is 1. The predicted molar refractivity (Wildman–Crippen MR) is 114 cm³/mol. The minimum absolute atomic E-state index is 0.0201. The normalized spacial score (nSPS) is 19.9. The van der Waals surface area contributed by atoms with Crippen molar-refractivity contribution in [2.75, 3.05) is 56.2 Å². The summed E-state index contributed by atoms with van der Waals surface area (Å²) in [7, 11) is 1.48. The fourth-order valence-corrected chi connectivity index (χ4v) is 4.07. The first kappa shape index (κ1) is 24.6. The third kappa shape index (κ3) is 5.69. The smallest absolute Gasteiger partial charge is 0.414 e. The van der Waals surface area contributed by atoms with Crippen molar-refractivity contribution in [2.24, 2.45) is 5.73 Å². The Kier molecular flexibility index (Phi) is 7.69. The van der Waals surface area contributed by atoms with Gasteiger partial charge in [-0.1, -0.05) is 0 Å². The summed E-state index contributed by atoms with van der Waals surface area (Å²) in [5.74, 6) is -2.51. The van der Waals surface area contributed by atoms with E-state index in [0.29, 0.717) is 12.8 Å². The van der Waals surface area contributed by atoms with Gasteiger partial charge in [0.1, 0.15) is 17.4 Å². The molecule has 1 aromatic rings. The van der Waals surface area contributed by atoms with Crippen LogP contribution >= 0.6 is 0 Å². The number of nitrogens with zero attached hydrogens (tertiary/aromatic N) is 2. The van der Waals surface area contributed by atoms with Crippen molar-refractivity contribution in [1.82, 2.24) is 5.32 Å². The molecule has 0 aliphatic carbocycles. The van der Waals surface area contributed by atoms with Gasteiger partial charge in [-0.25, -0.2) is 13.6 Å². The second-order valence-electron chi connectivity index (χ2n) is 8.09. The number of nitrogens with one attached hydrogen (secondary N) is 1. The summed E-state index contributed by atoms with van der Waals surface area (Å²) in [4.78, 5) is 37.6. The second kappa shape index (κ2) is 10.3. The Balaban J connectivity index is 1.72. The van der Waals surface area contributed by atoms with Gasteiger partial charge in [0.05, 0.1) is 31.9 Å². The van der Waals surface area contributed by atoms with E-state index in [1.54, 1.807) is 0 Å². The zero-order valence-corrected chi connectivity index (χ0v) is 18.6. The van der Waals surface area contributed by atoms with Gasteiger partial charge in [0.15, 0.2) is 11.6 Å². The van der Waals surface area contributed by atoms with Crippen molar-refractivity contribution in [2.45, 2.75) is 31.5 Å². The molecule has 2 aliphatic rings. The number of rotatable bonds is 8. The number of nitrogens with two attached hydrogens (primary N) is 1. The van der Waals surface area contributed by atoms with Crippen molar-refractivity contribution in [3.05, 3.63) is 23.8 Å². The van der Waals surface area contributed by atoms with E-state index in [0.717, 1.165) is 17.0 Å². The lowest BCUT2D eigenvalue weighted by atomic mass is 9.91. The summed E-state index contributed by atoms with van der Waals surface area (Å²) in [5.41, 5.74) is 4.23. The number of ether oxygens (including phenoxy) is 3. The number of hydrogen-bond donors (Lipinski definition) is 2. The van der Waals surface area contributed by atoms with Gasteiger partial charge in [0.25, 0.3) is 0 Å². The maximum Gasteiger partial charge on any atom is 0.414 e. The van der Waals surface area contributed by atoms with Crippen LogP contribution in [0.1, 0.15) is 19.8 Å². The highest BCUT2D eigenvalue weighted by Crippen LogP contribution is 2.35. The lowest BCUT2D eigenvalue weighted by Gasteiger charge is -2.41. The summed E-state index contributed by atoms with van der Waals surface area (Å²) in [5, 5.41) is 2.54. The van der Waals surface area contributed by atoms with E-state index in [1.807, 2.05) is 0 Å². The Morgan fingerprint density at radius 1 is 1.27 bits per heavy atom. The van der Waals surface area contributed by atoms with Gasteiger partial charge in [-0.15, -0.1) is 0 Å². The third-order valence-electron chi connectivity index (χ3n) is 5.66. The number of cyclic esters (lactones) is 1. The second-order valence-corrected chi connectivity index (χ2v) is 8.09. The molecule has 1 aromatic carbocycles. The van der Waals surface area contributed by atoms with E-state index < -0.39 is 35.4 Å². The van der Waals surface area contributed by atoms with Crippen LogP contribution in [0.15, 0.2) is 12.1 Å². The average Bonchev–Trinajstić information content (AvgIpc) is 3.14. The minimum atomic E-state index is -0.906. The van der Waals surface area contributed by atoms with Crippen LogP contribution in [-0.2, 0) is 23.8 Å². The number of anilines is 2. The molecule has 3 N–H and O–H groups in total. The van der Waals surface area contributed by atoms with Crippen LogP contribution in [0, 0.1) is 11.6 Å². The molecule has 2 saturated heterocycles. The molecule has 2 heterocycles. The first-order chi connectivity index (χ1) is 15.7. The molecule has 1 atom stereocenters. The fraction of sp³-hybridized carbons (Fsp3) is 0.571. The lowest BCUT2D eigenvalue weighted by molar-refractivity contribution is -0.166. The van der Waals surface area contributed by atoms with Gasteiger partial charge in [0.2, 0.25) is 5.91 Å². The number of esters is 1. The molecule has 2 amide bonds. The average molecular weight is 470 g/mol. The molecule has 3 rings (SSSR count). The van der Waals surface area contributed by atoms with Gasteiger partial charge in [-0.2, -0.15) is 0 Å². The maximum atomic E-state index is 15.0. The van der Waals surface area contributed by atoms with Crippen LogP contribution in [0.3, 0.4) is 0 Å². The van der Waals surface area contributed by atoms with Gasteiger partial charge in [0, 0.05) is 52.1 Å². The number of carbonyl (C=O) groups excluding carboxylic acids is 3. The molecule has 2 aliphatic heterocycles. The van der Waals surface area contributed by atoms with E-state index in [1.165, 1.54) is 18.9 Å². The largest absolute Gasteiger partial charge is 0.456 e. The lowest BCUT2D eigenvalue weighted by Crippen LogP contribution is -2.51. The molecule has 33 heavy (non-hydrogen) atoms. The summed E-state index contributed by atoms with van der Waals surface area (Å²) >= 11 is 0. The summed E-state index contributed by atoms with van der Waals surface area (Å²) in [6.07, 6.45) is -0.771. The Labute approximate surface area is 189 Å². The third-order valence-corrected chi connectivity index (χ3v) is 5.66. The monoisotopic (exact) mass is 470 g/mol. The van der Waals surface area contributed by atoms with Crippen molar-refractivity contribution < 1.29 is 37.4 Å². The molecule has 0 saturated carbocycles. The van der Waals surface area contributed by atoms with E-state index >= 15 is 0 Å². The van der Waals surface area contributed by atoms with Gasteiger partial charge < -0.3 is 30.2 Å². The molecule has 0 bridgehead atoms. The molecule has 182 valence electrons. The number of halogens is 2. The molecule has 2 fully saturated rings. The standard InChI is InChI=1S/C21H28F2N4O6/c1-13(28)25-10-15-11-27(20(30)32-15)14-7-16(22)19(17(23)8-14)26-5-3-21(4-6-26,12-31-2)33-18(29)9-24/h7-8,15H,3-6,9-12,24H2,1-2H3,(H,25,28)/t15-/m0/s1. The number of carbonyl (C=O) groups is 3. The van der Waals surface area contributed by atoms with E-state index in [-0.39, 0.29) is 56.6 Å². The Hall–Kier alpha value is -2.99. The molecule has 0 radical (unpaired) electrons. The topological polar surface area (TPSA) is 123 Å². The number of hydrogen-bond acceptors (Lipinski definition) is 8. The molecule has 0 spiro atoms. The molecule has 0 unspecified atom stereocenters. The summed E-state index contributed by atoms with van der Waals surface area (Å²) in [6.45, 7) is 1.80. The summed E-state index contributed by atoms with van der Waals surface area (Å²) in [6, 6.07) is 2.15. The van der Waals surface area contributed by atoms with Gasteiger partial charge >= 0.3 is 12.1 Å². The maximum absolute atomic E-state index is 15.0. The number of piperidine rings is 1. The molecular formula is C21H28F2N4O6. The highest BCUT2D eigenvalue weighted by molar-refractivity contribution is 5.90. The quantitative estimate of drug-likeness (QED) is 0.538. The Morgan fingerprint density at radius 2 is 1.91 bits per heavy atom. The zero-order chi connectivity index (χ0) is 24.2. The molecule has 10 nitrogen and oxygen atoms in total. The predicted octanol–water partition coefficient (Wildman–Crippen LogP) is 0.913. The van der Waals surface area contributed by atoms with Crippen LogP contribution < -0.4 is 20.9 Å². The Bertz CT molecular complexity index is 884. The van der Waals surface area contributed by atoms with Crippen LogP contribution in [0.25, 0.3) is 0 Å². The minimum Gasteiger partial charge on any atom is -0.456 e. The Morgan fingerprint density at radius 3 is 2.45 bits per heavy atom. The van der Waals surface area contributed by atoms with E-state index in [4.69, 9.17) is 19.9 Å². The van der Waals surface area contributed by atoms with Crippen LogP contribution in [0.5, 0.6) is 0 Å². The SMILES string of the molecule is COCC1(OC(=O)CN)CCN(c2c(F)cc(N3C[C@H](CNC(C)=O)OC3=O)cc2F)CC1. The molecule has 0 aromatic heterocycles. The number of amides is 2. The highest BCUT2D eigenvalue weighted by atomic mass is 19.1. The van der Waals surface area contributed by atoms with Crippen molar-refractivity contribution in [3.63, 3.8) is 0 Å². The molecule has 12 heteroatoms. The fourth-order valence-electron chi connectivity index (χ4n) is 4.07. The first-order valence-corrected chi connectivity index (χ1v) is 10.6. The number of methoxy groups -OCH3 is 1. The van der Waals surface area contributed by atoms with Crippen molar-refractivity contribution in [3.8, 4) is 0 Å². The van der Waals surface area contributed by atoms with Gasteiger partial charge in [-0.05, 0) is 0 Å².